The lowest BCUT2D eigenvalue weighted by molar-refractivity contribution is -0.384. The van der Waals surface area contributed by atoms with Crippen molar-refractivity contribution in [2.24, 2.45) is 0 Å². The van der Waals surface area contributed by atoms with Crippen molar-refractivity contribution in [1.82, 2.24) is 4.90 Å². The fraction of sp³-hybridized carbons (Fsp3) is 0.316. The Morgan fingerprint density at radius 2 is 1.85 bits per heavy atom. The minimum Gasteiger partial charge on any atom is -0.379 e. The lowest BCUT2D eigenvalue weighted by Gasteiger charge is -2.26. The summed E-state index contributed by atoms with van der Waals surface area (Å²) in [6.45, 7) is 4.55. The monoisotopic (exact) mass is 355 g/mol. The number of ketones is 1. The molecule has 7 nitrogen and oxygen atoms in total. The standard InChI is InChI=1S/C19H21N3O4/c23-19(15-4-2-1-3-5-15)16-6-7-17(18(14-16)22(24)25)20-8-9-21-10-12-26-13-11-21/h1-7,14,20H,8-13H2. The Hall–Kier alpha value is -2.77. The first kappa shape index (κ1) is 18.0. The van der Waals surface area contributed by atoms with E-state index in [1.165, 1.54) is 6.07 Å². The lowest BCUT2D eigenvalue weighted by Crippen LogP contribution is -2.39. The number of hydrogen-bond donors (Lipinski definition) is 1. The van der Waals surface area contributed by atoms with Crippen molar-refractivity contribution in [2.75, 3.05) is 44.7 Å². The molecule has 0 spiro atoms. The molecule has 1 fully saturated rings. The highest BCUT2D eigenvalue weighted by molar-refractivity contribution is 6.09. The SMILES string of the molecule is O=C(c1ccccc1)c1ccc(NCCN2CCOCC2)c([N+](=O)[O-])c1. The molecule has 0 radical (unpaired) electrons. The number of rotatable bonds is 7. The van der Waals surface area contributed by atoms with E-state index in [1.807, 2.05) is 6.07 Å². The summed E-state index contributed by atoms with van der Waals surface area (Å²) >= 11 is 0. The number of nitro groups is 1. The minimum atomic E-state index is -0.459. The van der Waals surface area contributed by atoms with Gasteiger partial charge >= 0.3 is 0 Å². The van der Waals surface area contributed by atoms with Crippen LogP contribution in [0, 0.1) is 10.1 Å². The summed E-state index contributed by atoms with van der Waals surface area (Å²) in [5, 5.41) is 14.5. The van der Waals surface area contributed by atoms with Gasteiger partial charge < -0.3 is 10.1 Å². The van der Waals surface area contributed by atoms with E-state index in [-0.39, 0.29) is 11.5 Å². The molecule has 2 aromatic rings. The zero-order valence-electron chi connectivity index (χ0n) is 14.4. The molecular weight excluding hydrogens is 334 g/mol. The van der Waals surface area contributed by atoms with Gasteiger partial charge in [0, 0.05) is 43.4 Å². The maximum Gasteiger partial charge on any atom is 0.293 e. The number of nitrogens with one attached hydrogen (secondary N) is 1. The Bertz CT molecular complexity index is 774. The molecule has 1 aliphatic rings. The predicted octanol–water partition coefficient (Wildman–Crippen LogP) is 2.57. The Labute approximate surface area is 151 Å². The molecule has 0 atom stereocenters. The van der Waals surface area contributed by atoms with Crippen LogP contribution in [0.3, 0.4) is 0 Å². The molecule has 0 unspecified atom stereocenters. The van der Waals surface area contributed by atoms with Gasteiger partial charge in [-0.05, 0) is 12.1 Å². The van der Waals surface area contributed by atoms with Crippen LogP contribution in [0.5, 0.6) is 0 Å². The van der Waals surface area contributed by atoms with Crippen LogP contribution in [0.2, 0.25) is 0 Å². The maximum atomic E-state index is 12.5. The number of nitrogens with zero attached hydrogens (tertiary/aromatic N) is 2. The van der Waals surface area contributed by atoms with Crippen molar-refractivity contribution in [3.05, 3.63) is 69.8 Å². The zero-order valence-corrected chi connectivity index (χ0v) is 14.4. The Kier molecular flexibility index (Phi) is 5.93. The highest BCUT2D eigenvalue weighted by atomic mass is 16.6. The highest BCUT2D eigenvalue weighted by Crippen LogP contribution is 2.26. The number of ether oxygens (including phenoxy) is 1. The average molecular weight is 355 g/mol. The summed E-state index contributed by atoms with van der Waals surface area (Å²) in [6.07, 6.45) is 0. The van der Waals surface area contributed by atoms with Crippen molar-refractivity contribution in [2.45, 2.75) is 0 Å². The molecule has 0 amide bonds. The number of hydrogen-bond acceptors (Lipinski definition) is 6. The fourth-order valence-corrected chi connectivity index (χ4v) is 2.90. The van der Waals surface area contributed by atoms with Crippen molar-refractivity contribution in [1.29, 1.82) is 0 Å². The number of nitro benzene ring substituents is 1. The molecule has 0 bridgehead atoms. The van der Waals surface area contributed by atoms with Crippen molar-refractivity contribution < 1.29 is 14.5 Å². The highest BCUT2D eigenvalue weighted by Gasteiger charge is 2.18. The normalized spacial score (nSPS) is 14.8. The summed E-state index contributed by atoms with van der Waals surface area (Å²) in [5.74, 6) is -0.228. The van der Waals surface area contributed by atoms with Gasteiger partial charge in [0.1, 0.15) is 5.69 Å². The van der Waals surface area contributed by atoms with Crippen molar-refractivity contribution in [3.8, 4) is 0 Å². The Balaban J connectivity index is 1.70. The summed E-state index contributed by atoms with van der Waals surface area (Å²) in [6, 6.07) is 13.3. The van der Waals surface area contributed by atoms with Crippen LogP contribution in [-0.4, -0.2) is 55.0 Å². The van der Waals surface area contributed by atoms with Crippen LogP contribution in [0.25, 0.3) is 0 Å². The van der Waals surface area contributed by atoms with E-state index in [4.69, 9.17) is 4.74 Å². The number of carbonyl (C=O) groups excluding carboxylic acids is 1. The van der Waals surface area contributed by atoms with Gasteiger partial charge in [0.2, 0.25) is 0 Å². The molecule has 26 heavy (non-hydrogen) atoms. The van der Waals surface area contributed by atoms with E-state index in [0.717, 1.165) is 32.8 Å². The first-order valence-electron chi connectivity index (χ1n) is 8.57. The largest absolute Gasteiger partial charge is 0.379 e. The zero-order chi connectivity index (χ0) is 18.4. The number of morpholine rings is 1. The molecule has 1 N–H and O–H groups in total. The first-order valence-corrected chi connectivity index (χ1v) is 8.57. The van der Waals surface area contributed by atoms with Gasteiger partial charge in [-0.1, -0.05) is 30.3 Å². The molecule has 7 heteroatoms. The van der Waals surface area contributed by atoms with Crippen LogP contribution >= 0.6 is 0 Å². The van der Waals surface area contributed by atoms with Crippen molar-refractivity contribution in [3.63, 3.8) is 0 Å². The topological polar surface area (TPSA) is 84.7 Å². The molecule has 0 saturated carbocycles. The molecule has 2 aromatic carbocycles. The van der Waals surface area contributed by atoms with Gasteiger partial charge in [0.05, 0.1) is 18.1 Å². The molecule has 0 aliphatic carbocycles. The van der Waals surface area contributed by atoms with Gasteiger partial charge in [-0.2, -0.15) is 0 Å². The molecule has 3 rings (SSSR count). The lowest BCUT2D eigenvalue weighted by atomic mass is 10.0. The number of anilines is 1. The summed E-state index contributed by atoms with van der Waals surface area (Å²) < 4.78 is 5.30. The predicted molar refractivity (Wildman–Crippen MR) is 98.7 cm³/mol. The smallest absolute Gasteiger partial charge is 0.293 e. The van der Waals surface area contributed by atoms with Crippen LogP contribution in [0.4, 0.5) is 11.4 Å². The average Bonchev–Trinajstić information content (AvgIpc) is 2.69. The van der Waals surface area contributed by atoms with E-state index in [9.17, 15) is 14.9 Å². The van der Waals surface area contributed by atoms with E-state index >= 15 is 0 Å². The second-order valence-corrected chi connectivity index (χ2v) is 6.06. The van der Waals surface area contributed by atoms with E-state index < -0.39 is 4.92 Å². The summed E-state index contributed by atoms with van der Waals surface area (Å²) in [5.41, 5.74) is 1.15. The minimum absolute atomic E-state index is 0.0891. The molecule has 0 aromatic heterocycles. The maximum absolute atomic E-state index is 12.5. The van der Waals surface area contributed by atoms with Gasteiger partial charge in [0.25, 0.3) is 5.69 Å². The molecule has 1 saturated heterocycles. The van der Waals surface area contributed by atoms with Gasteiger partial charge in [-0.25, -0.2) is 0 Å². The molecule has 136 valence electrons. The van der Waals surface area contributed by atoms with Crippen LogP contribution in [-0.2, 0) is 4.74 Å². The van der Waals surface area contributed by atoms with E-state index in [2.05, 4.69) is 10.2 Å². The van der Waals surface area contributed by atoms with Crippen LogP contribution < -0.4 is 5.32 Å². The first-order chi connectivity index (χ1) is 12.6. The van der Waals surface area contributed by atoms with Gasteiger partial charge in [0.15, 0.2) is 5.78 Å². The Morgan fingerprint density at radius 1 is 1.12 bits per heavy atom. The number of benzene rings is 2. The second-order valence-electron chi connectivity index (χ2n) is 6.06. The quantitative estimate of drug-likeness (QED) is 0.467. The third-order valence-corrected chi connectivity index (χ3v) is 4.34. The Morgan fingerprint density at radius 3 is 2.54 bits per heavy atom. The second kappa shape index (κ2) is 8.55. The van der Waals surface area contributed by atoms with Gasteiger partial charge in [-0.15, -0.1) is 0 Å². The molecule has 1 heterocycles. The van der Waals surface area contributed by atoms with Crippen molar-refractivity contribution >= 4 is 17.2 Å². The van der Waals surface area contributed by atoms with Gasteiger partial charge in [-0.3, -0.25) is 19.8 Å². The number of carbonyl (C=O) groups is 1. The van der Waals surface area contributed by atoms with Crippen LogP contribution in [0.1, 0.15) is 15.9 Å². The molecule has 1 aliphatic heterocycles. The summed E-state index contributed by atoms with van der Waals surface area (Å²) in [4.78, 5) is 25.7. The summed E-state index contributed by atoms with van der Waals surface area (Å²) in [7, 11) is 0. The van der Waals surface area contributed by atoms with Crippen LogP contribution in [0.15, 0.2) is 48.5 Å². The third kappa shape index (κ3) is 4.44. The molecular formula is C19H21N3O4. The van der Waals surface area contributed by atoms with E-state index in [0.29, 0.717) is 23.4 Å². The van der Waals surface area contributed by atoms with E-state index in [1.54, 1.807) is 36.4 Å². The fourth-order valence-electron chi connectivity index (χ4n) is 2.90. The third-order valence-electron chi connectivity index (χ3n) is 4.34.